The molecule has 3 rings (SSSR count). The standard InChI is InChI=1S/C12H17N5O2S/c1-2-16-9(6-13)14-15-12(16)20-8-5-10(18)17(11(8)19)7-3-4-7/h7-8H,2-6,13H2,1H3. The van der Waals surface area contributed by atoms with E-state index in [1.165, 1.54) is 16.7 Å². The highest BCUT2D eigenvalue weighted by Crippen LogP contribution is 2.37. The number of hydrogen-bond donors (Lipinski definition) is 1. The quantitative estimate of drug-likeness (QED) is 0.776. The third-order valence-electron chi connectivity index (χ3n) is 3.59. The Balaban J connectivity index is 1.76. The van der Waals surface area contributed by atoms with Gasteiger partial charge in [0.1, 0.15) is 11.1 Å². The lowest BCUT2D eigenvalue weighted by Gasteiger charge is -2.13. The molecular weight excluding hydrogens is 278 g/mol. The van der Waals surface area contributed by atoms with E-state index in [2.05, 4.69) is 10.2 Å². The Hall–Kier alpha value is -1.41. The fourth-order valence-electron chi connectivity index (χ4n) is 2.43. The van der Waals surface area contributed by atoms with Crippen molar-refractivity contribution in [1.82, 2.24) is 19.7 Å². The van der Waals surface area contributed by atoms with E-state index < -0.39 is 0 Å². The highest BCUT2D eigenvalue weighted by molar-refractivity contribution is 8.00. The van der Waals surface area contributed by atoms with E-state index in [-0.39, 0.29) is 29.5 Å². The summed E-state index contributed by atoms with van der Waals surface area (Å²) in [6.07, 6.45) is 2.14. The molecule has 1 aromatic rings. The fraction of sp³-hybridized carbons (Fsp3) is 0.667. The molecule has 7 nitrogen and oxygen atoms in total. The number of hydrogen-bond acceptors (Lipinski definition) is 6. The van der Waals surface area contributed by atoms with Gasteiger partial charge in [0.15, 0.2) is 5.16 Å². The maximum absolute atomic E-state index is 12.3. The van der Waals surface area contributed by atoms with Gasteiger partial charge in [-0.3, -0.25) is 14.5 Å². The van der Waals surface area contributed by atoms with Crippen LogP contribution in [-0.2, 0) is 22.7 Å². The van der Waals surface area contributed by atoms with Crippen molar-refractivity contribution in [3.8, 4) is 0 Å². The van der Waals surface area contributed by atoms with E-state index in [0.29, 0.717) is 24.1 Å². The fourth-order valence-corrected chi connectivity index (χ4v) is 3.58. The number of nitrogens with zero attached hydrogens (tertiary/aromatic N) is 4. The van der Waals surface area contributed by atoms with E-state index in [4.69, 9.17) is 5.73 Å². The summed E-state index contributed by atoms with van der Waals surface area (Å²) < 4.78 is 1.89. The third-order valence-corrected chi connectivity index (χ3v) is 4.76. The van der Waals surface area contributed by atoms with Gasteiger partial charge in [-0.25, -0.2) is 0 Å². The number of imide groups is 1. The molecule has 8 heteroatoms. The van der Waals surface area contributed by atoms with Gasteiger partial charge in [-0.2, -0.15) is 0 Å². The van der Waals surface area contributed by atoms with Crippen LogP contribution < -0.4 is 5.73 Å². The van der Waals surface area contributed by atoms with Crippen molar-refractivity contribution in [2.75, 3.05) is 0 Å². The zero-order chi connectivity index (χ0) is 14.3. The first-order valence-electron chi connectivity index (χ1n) is 6.80. The van der Waals surface area contributed by atoms with E-state index >= 15 is 0 Å². The molecule has 2 fully saturated rings. The van der Waals surface area contributed by atoms with Crippen molar-refractivity contribution in [3.63, 3.8) is 0 Å². The molecule has 2 aliphatic rings. The number of carbonyl (C=O) groups is 2. The van der Waals surface area contributed by atoms with Crippen LogP contribution in [0.3, 0.4) is 0 Å². The Morgan fingerprint density at radius 2 is 2.10 bits per heavy atom. The Bertz CT molecular complexity index is 554. The molecule has 2 heterocycles. The van der Waals surface area contributed by atoms with E-state index in [0.717, 1.165) is 12.8 Å². The molecule has 2 N–H and O–H groups in total. The van der Waals surface area contributed by atoms with Crippen molar-refractivity contribution in [1.29, 1.82) is 0 Å². The molecule has 2 amide bonds. The summed E-state index contributed by atoms with van der Waals surface area (Å²) in [6.45, 7) is 2.99. The van der Waals surface area contributed by atoms with Gasteiger partial charge in [-0.05, 0) is 19.8 Å². The normalized spacial score (nSPS) is 22.9. The predicted molar refractivity (Wildman–Crippen MR) is 72.7 cm³/mol. The minimum absolute atomic E-state index is 0.0587. The monoisotopic (exact) mass is 295 g/mol. The van der Waals surface area contributed by atoms with Crippen LogP contribution in [0.4, 0.5) is 0 Å². The average molecular weight is 295 g/mol. The van der Waals surface area contributed by atoms with Gasteiger partial charge in [-0.1, -0.05) is 11.8 Å². The second-order valence-corrected chi connectivity index (χ2v) is 6.16. The summed E-state index contributed by atoms with van der Waals surface area (Å²) in [5, 5.41) is 8.39. The summed E-state index contributed by atoms with van der Waals surface area (Å²) in [6, 6.07) is 0.143. The summed E-state index contributed by atoms with van der Waals surface area (Å²) in [4.78, 5) is 25.6. The molecule has 1 saturated carbocycles. The van der Waals surface area contributed by atoms with Crippen LogP contribution in [-0.4, -0.2) is 42.8 Å². The summed E-state index contributed by atoms with van der Waals surface area (Å²) in [5.41, 5.74) is 5.61. The molecule has 20 heavy (non-hydrogen) atoms. The number of likely N-dealkylation sites (tertiary alicyclic amines) is 1. The molecule has 1 atom stereocenters. The van der Waals surface area contributed by atoms with Crippen LogP contribution in [0.15, 0.2) is 5.16 Å². The number of aromatic nitrogens is 3. The Kier molecular flexibility index (Phi) is 3.51. The van der Waals surface area contributed by atoms with Gasteiger partial charge < -0.3 is 10.3 Å². The first kappa shape index (κ1) is 13.6. The zero-order valence-electron chi connectivity index (χ0n) is 11.3. The number of thioether (sulfide) groups is 1. The van der Waals surface area contributed by atoms with Crippen LogP contribution in [0, 0.1) is 0 Å². The van der Waals surface area contributed by atoms with Crippen molar-refractivity contribution in [3.05, 3.63) is 5.82 Å². The lowest BCUT2D eigenvalue weighted by molar-refractivity contribution is -0.138. The van der Waals surface area contributed by atoms with Crippen molar-refractivity contribution < 1.29 is 9.59 Å². The van der Waals surface area contributed by atoms with Crippen LogP contribution >= 0.6 is 11.8 Å². The molecule has 0 bridgehead atoms. The Morgan fingerprint density at radius 1 is 1.35 bits per heavy atom. The van der Waals surface area contributed by atoms with Crippen LogP contribution in [0.2, 0.25) is 0 Å². The first-order valence-corrected chi connectivity index (χ1v) is 7.68. The molecular formula is C12H17N5O2S. The smallest absolute Gasteiger partial charge is 0.243 e. The van der Waals surface area contributed by atoms with Gasteiger partial charge in [0, 0.05) is 19.0 Å². The second kappa shape index (κ2) is 5.17. The van der Waals surface area contributed by atoms with E-state index in [1.807, 2.05) is 11.5 Å². The minimum atomic E-state index is -0.372. The molecule has 1 aromatic heterocycles. The highest BCUT2D eigenvalue weighted by Gasteiger charge is 2.46. The first-order chi connectivity index (χ1) is 9.65. The van der Waals surface area contributed by atoms with Crippen molar-refractivity contribution in [2.45, 2.75) is 55.7 Å². The molecule has 1 saturated heterocycles. The number of amides is 2. The molecule has 0 spiro atoms. The maximum Gasteiger partial charge on any atom is 0.243 e. The van der Waals surface area contributed by atoms with Gasteiger partial charge >= 0.3 is 0 Å². The van der Waals surface area contributed by atoms with Gasteiger partial charge in [0.2, 0.25) is 11.8 Å². The lowest BCUT2D eigenvalue weighted by atomic mass is 10.4. The highest BCUT2D eigenvalue weighted by atomic mass is 32.2. The molecule has 1 unspecified atom stereocenters. The lowest BCUT2D eigenvalue weighted by Crippen LogP contribution is -2.33. The summed E-state index contributed by atoms with van der Waals surface area (Å²) >= 11 is 1.32. The van der Waals surface area contributed by atoms with E-state index in [9.17, 15) is 9.59 Å². The van der Waals surface area contributed by atoms with Gasteiger partial charge in [0.05, 0.1) is 6.54 Å². The number of rotatable bonds is 5. The Labute approximate surface area is 120 Å². The van der Waals surface area contributed by atoms with Crippen LogP contribution in [0.1, 0.15) is 32.0 Å². The molecule has 0 aromatic carbocycles. The SMILES string of the molecule is CCn1c(CN)nnc1SC1CC(=O)N(C2CC2)C1=O. The van der Waals surface area contributed by atoms with Crippen LogP contribution in [0.25, 0.3) is 0 Å². The molecule has 108 valence electrons. The van der Waals surface area contributed by atoms with Crippen molar-refractivity contribution in [2.24, 2.45) is 5.73 Å². The largest absolute Gasteiger partial charge is 0.324 e. The Morgan fingerprint density at radius 3 is 2.70 bits per heavy atom. The number of carbonyl (C=O) groups excluding carboxylic acids is 2. The maximum atomic E-state index is 12.3. The average Bonchev–Trinajstić information content (AvgIpc) is 3.12. The minimum Gasteiger partial charge on any atom is -0.324 e. The molecule has 1 aliphatic heterocycles. The topological polar surface area (TPSA) is 94.1 Å². The third kappa shape index (κ3) is 2.22. The van der Waals surface area contributed by atoms with Gasteiger partial charge in [-0.15, -0.1) is 10.2 Å². The summed E-state index contributed by atoms with van der Waals surface area (Å²) in [5.74, 6) is 0.560. The van der Waals surface area contributed by atoms with Gasteiger partial charge in [0.25, 0.3) is 0 Å². The molecule has 0 radical (unpaired) electrons. The predicted octanol–water partition coefficient (Wildman–Crippen LogP) is 0.139. The number of nitrogens with two attached hydrogens (primary N) is 1. The van der Waals surface area contributed by atoms with E-state index in [1.54, 1.807) is 0 Å². The molecule has 1 aliphatic carbocycles. The summed E-state index contributed by atoms with van der Waals surface area (Å²) in [7, 11) is 0. The van der Waals surface area contributed by atoms with Crippen LogP contribution in [0.5, 0.6) is 0 Å². The zero-order valence-corrected chi connectivity index (χ0v) is 12.1. The van der Waals surface area contributed by atoms with Crippen molar-refractivity contribution >= 4 is 23.6 Å². The second-order valence-electron chi connectivity index (χ2n) is 4.99.